The molecule has 1 aromatic rings. The average molecular weight is 204 g/mol. The monoisotopic (exact) mass is 204 g/mol. The first-order chi connectivity index (χ1) is 7.33. The molecule has 0 aliphatic carbocycles. The minimum Gasteiger partial charge on any atom is -0.376 e. The van der Waals surface area contributed by atoms with Gasteiger partial charge in [0.05, 0.1) is 6.61 Å². The van der Waals surface area contributed by atoms with Crippen LogP contribution in [0.1, 0.15) is 25.8 Å². The maximum Gasteiger partial charge on any atom is 0.0717 e. The summed E-state index contributed by atoms with van der Waals surface area (Å²) in [5.74, 6) is 0.602. The van der Waals surface area contributed by atoms with Gasteiger partial charge in [-0.25, -0.2) is 0 Å². The maximum absolute atomic E-state index is 5.64. The largest absolute Gasteiger partial charge is 0.376 e. The molecule has 0 bridgehead atoms. The molecule has 82 valence electrons. The van der Waals surface area contributed by atoms with Gasteiger partial charge in [0.15, 0.2) is 0 Å². The molecule has 0 heterocycles. The van der Waals surface area contributed by atoms with Crippen molar-refractivity contribution in [3.8, 4) is 0 Å². The number of allylic oxidation sites excluding steroid dienone is 2. The van der Waals surface area contributed by atoms with E-state index >= 15 is 0 Å². The van der Waals surface area contributed by atoms with Crippen molar-refractivity contribution in [2.45, 2.75) is 26.9 Å². The van der Waals surface area contributed by atoms with E-state index in [0.29, 0.717) is 5.92 Å². The molecule has 0 aromatic heterocycles. The molecule has 1 heteroatoms. The molecule has 1 rings (SSSR count). The van der Waals surface area contributed by atoms with Gasteiger partial charge in [-0.15, -0.1) is 0 Å². The van der Waals surface area contributed by atoms with Gasteiger partial charge >= 0.3 is 0 Å². The van der Waals surface area contributed by atoms with Gasteiger partial charge < -0.3 is 4.74 Å². The zero-order valence-electron chi connectivity index (χ0n) is 9.65. The fourth-order valence-electron chi connectivity index (χ4n) is 1.39. The zero-order valence-corrected chi connectivity index (χ0v) is 9.65. The second-order valence-corrected chi connectivity index (χ2v) is 3.91. The highest BCUT2D eigenvalue weighted by atomic mass is 16.5. The van der Waals surface area contributed by atoms with Crippen LogP contribution in [0.4, 0.5) is 0 Å². The van der Waals surface area contributed by atoms with Crippen molar-refractivity contribution >= 4 is 0 Å². The van der Waals surface area contributed by atoms with Crippen LogP contribution in [-0.4, -0.2) is 6.61 Å². The van der Waals surface area contributed by atoms with E-state index in [9.17, 15) is 0 Å². The highest BCUT2D eigenvalue weighted by Gasteiger charge is 1.99. The Hall–Kier alpha value is -1.08. The maximum atomic E-state index is 5.64. The van der Waals surface area contributed by atoms with Crippen LogP contribution in [0.15, 0.2) is 42.5 Å². The fraction of sp³-hybridized carbons (Fsp3) is 0.429. The molecule has 0 spiro atoms. The van der Waals surface area contributed by atoms with Crippen molar-refractivity contribution in [1.82, 2.24) is 0 Å². The van der Waals surface area contributed by atoms with Gasteiger partial charge in [0, 0.05) is 6.61 Å². The first kappa shape index (κ1) is 12.0. The Morgan fingerprint density at radius 1 is 1.27 bits per heavy atom. The van der Waals surface area contributed by atoms with E-state index in [-0.39, 0.29) is 0 Å². The highest BCUT2D eigenvalue weighted by Crippen LogP contribution is 2.06. The van der Waals surface area contributed by atoms with Crippen molar-refractivity contribution < 1.29 is 4.74 Å². The molecule has 0 amide bonds. The Labute approximate surface area is 92.8 Å². The topological polar surface area (TPSA) is 9.23 Å². The molecule has 1 unspecified atom stereocenters. The van der Waals surface area contributed by atoms with Crippen LogP contribution in [0.2, 0.25) is 0 Å². The Morgan fingerprint density at radius 3 is 2.67 bits per heavy atom. The van der Waals surface area contributed by atoms with Crippen LogP contribution in [-0.2, 0) is 11.3 Å². The molecule has 1 atom stereocenters. The Balaban J connectivity index is 2.16. The van der Waals surface area contributed by atoms with E-state index in [4.69, 9.17) is 4.74 Å². The Morgan fingerprint density at radius 2 is 2.00 bits per heavy atom. The predicted molar refractivity (Wildman–Crippen MR) is 64.7 cm³/mol. The van der Waals surface area contributed by atoms with Crippen molar-refractivity contribution in [1.29, 1.82) is 0 Å². The smallest absolute Gasteiger partial charge is 0.0717 e. The molecule has 0 fully saturated rings. The van der Waals surface area contributed by atoms with Crippen LogP contribution in [0.5, 0.6) is 0 Å². The van der Waals surface area contributed by atoms with E-state index < -0.39 is 0 Å². The number of hydrogen-bond acceptors (Lipinski definition) is 1. The molecule has 0 aliphatic rings. The van der Waals surface area contributed by atoms with E-state index in [0.717, 1.165) is 19.6 Å². The van der Waals surface area contributed by atoms with Crippen molar-refractivity contribution in [2.24, 2.45) is 5.92 Å². The molecule has 0 aliphatic heterocycles. The third-order valence-electron chi connectivity index (χ3n) is 2.29. The Bertz CT molecular complexity index is 277. The van der Waals surface area contributed by atoms with Crippen molar-refractivity contribution in [3.63, 3.8) is 0 Å². The van der Waals surface area contributed by atoms with Gasteiger partial charge in [0.2, 0.25) is 0 Å². The SMILES string of the molecule is CC=CCC(C)COCc1ccccc1. The van der Waals surface area contributed by atoms with Gasteiger partial charge in [0.25, 0.3) is 0 Å². The molecule has 0 radical (unpaired) electrons. The molecule has 1 aromatic carbocycles. The van der Waals surface area contributed by atoms with Gasteiger partial charge in [-0.05, 0) is 24.8 Å². The number of benzene rings is 1. The Kier molecular flexibility index (Phi) is 5.79. The van der Waals surface area contributed by atoms with E-state index in [1.54, 1.807) is 0 Å². The van der Waals surface area contributed by atoms with Gasteiger partial charge in [-0.1, -0.05) is 49.4 Å². The minimum atomic E-state index is 0.602. The van der Waals surface area contributed by atoms with Crippen LogP contribution < -0.4 is 0 Å². The molecular formula is C14H20O. The summed E-state index contributed by atoms with van der Waals surface area (Å²) in [6.07, 6.45) is 5.38. The van der Waals surface area contributed by atoms with E-state index in [2.05, 4.69) is 38.1 Å². The molecule has 0 saturated carbocycles. The summed E-state index contributed by atoms with van der Waals surface area (Å²) in [5, 5.41) is 0. The van der Waals surface area contributed by atoms with E-state index in [1.807, 2.05) is 18.2 Å². The lowest BCUT2D eigenvalue weighted by atomic mass is 10.1. The summed E-state index contributed by atoms with van der Waals surface area (Å²) in [7, 11) is 0. The predicted octanol–water partition coefficient (Wildman–Crippen LogP) is 3.81. The van der Waals surface area contributed by atoms with Gasteiger partial charge in [0.1, 0.15) is 0 Å². The zero-order chi connectivity index (χ0) is 10.9. The van der Waals surface area contributed by atoms with E-state index in [1.165, 1.54) is 5.56 Å². The quantitative estimate of drug-likeness (QED) is 0.640. The summed E-state index contributed by atoms with van der Waals surface area (Å²) >= 11 is 0. The molecule has 0 saturated heterocycles. The summed E-state index contributed by atoms with van der Waals surface area (Å²) in [5.41, 5.74) is 1.25. The van der Waals surface area contributed by atoms with Crippen LogP contribution in [0.3, 0.4) is 0 Å². The third kappa shape index (κ3) is 5.38. The molecule has 15 heavy (non-hydrogen) atoms. The average Bonchev–Trinajstić information content (AvgIpc) is 2.28. The fourth-order valence-corrected chi connectivity index (χ4v) is 1.39. The standard InChI is InChI=1S/C14H20O/c1-3-4-8-13(2)11-15-12-14-9-6-5-7-10-14/h3-7,9-10,13H,8,11-12H2,1-2H3. The second-order valence-electron chi connectivity index (χ2n) is 3.91. The normalized spacial score (nSPS) is 13.2. The summed E-state index contributed by atoms with van der Waals surface area (Å²) in [6, 6.07) is 10.3. The number of rotatable bonds is 6. The lowest BCUT2D eigenvalue weighted by molar-refractivity contribution is 0.0929. The number of ether oxygens (including phenoxy) is 1. The first-order valence-corrected chi connectivity index (χ1v) is 5.55. The van der Waals surface area contributed by atoms with Crippen LogP contribution in [0, 0.1) is 5.92 Å². The summed E-state index contributed by atoms with van der Waals surface area (Å²) in [4.78, 5) is 0. The lowest BCUT2D eigenvalue weighted by Gasteiger charge is -2.09. The van der Waals surface area contributed by atoms with Crippen LogP contribution >= 0.6 is 0 Å². The minimum absolute atomic E-state index is 0.602. The van der Waals surface area contributed by atoms with Crippen LogP contribution in [0.25, 0.3) is 0 Å². The lowest BCUT2D eigenvalue weighted by Crippen LogP contribution is -2.04. The van der Waals surface area contributed by atoms with Gasteiger partial charge in [-0.3, -0.25) is 0 Å². The number of hydrogen-bond donors (Lipinski definition) is 0. The molecule has 0 N–H and O–H groups in total. The second kappa shape index (κ2) is 7.24. The molecule has 1 nitrogen and oxygen atoms in total. The summed E-state index contributed by atoms with van der Waals surface area (Å²) < 4.78 is 5.64. The van der Waals surface area contributed by atoms with Crippen molar-refractivity contribution in [3.05, 3.63) is 48.0 Å². The van der Waals surface area contributed by atoms with Crippen molar-refractivity contribution in [2.75, 3.05) is 6.61 Å². The summed E-state index contributed by atoms with van der Waals surface area (Å²) in [6.45, 7) is 5.82. The molecular weight excluding hydrogens is 184 g/mol. The third-order valence-corrected chi connectivity index (χ3v) is 2.29. The highest BCUT2D eigenvalue weighted by molar-refractivity contribution is 5.13. The first-order valence-electron chi connectivity index (χ1n) is 5.55. The van der Waals surface area contributed by atoms with Gasteiger partial charge in [-0.2, -0.15) is 0 Å².